The lowest BCUT2D eigenvalue weighted by Gasteiger charge is -2.30. The molecule has 1 aliphatic rings. The van der Waals surface area contributed by atoms with Gasteiger partial charge in [0.25, 0.3) is 0 Å². The van der Waals surface area contributed by atoms with Gasteiger partial charge in [-0.2, -0.15) is 4.31 Å². The minimum atomic E-state index is -3.39. The van der Waals surface area contributed by atoms with E-state index in [0.717, 1.165) is 23.0 Å². The molecule has 0 aliphatic carbocycles. The average molecular weight is 422 g/mol. The van der Waals surface area contributed by atoms with Crippen LogP contribution in [0.15, 0.2) is 29.2 Å². The number of piperidine rings is 1. The first-order valence-electron chi connectivity index (χ1n) is 7.53. The molecule has 1 aromatic carbocycles. The first-order valence-corrected chi connectivity index (χ1v) is 10.0. The number of nitrogens with zero attached hydrogens (tertiary/aromatic N) is 1. The third-order valence-corrected chi connectivity index (χ3v) is 6.36. The van der Waals surface area contributed by atoms with Gasteiger partial charge in [-0.05, 0) is 72.7 Å². The van der Waals surface area contributed by atoms with Crippen molar-refractivity contribution >= 4 is 32.6 Å². The van der Waals surface area contributed by atoms with Gasteiger partial charge in [0.15, 0.2) is 0 Å². The fraction of sp³-hybridized carbons (Fsp3) is 0.600. The summed E-state index contributed by atoms with van der Waals surface area (Å²) in [5.74, 6) is 0. The van der Waals surface area contributed by atoms with Crippen LogP contribution in [0.25, 0.3) is 0 Å². The summed E-state index contributed by atoms with van der Waals surface area (Å²) in [5, 5.41) is 3.43. The van der Waals surface area contributed by atoms with Crippen LogP contribution in [0.3, 0.4) is 0 Å². The van der Waals surface area contributed by atoms with E-state index in [1.807, 2.05) is 19.1 Å². The van der Waals surface area contributed by atoms with E-state index in [1.54, 1.807) is 16.4 Å². The molecule has 0 amide bonds. The molecule has 1 aromatic rings. The highest BCUT2D eigenvalue weighted by Gasteiger charge is 2.27. The van der Waals surface area contributed by atoms with Gasteiger partial charge in [0, 0.05) is 22.7 Å². The number of halogens is 1. The van der Waals surface area contributed by atoms with Gasteiger partial charge in [-0.25, -0.2) is 8.42 Å². The van der Waals surface area contributed by atoms with Gasteiger partial charge < -0.3 is 5.32 Å². The van der Waals surface area contributed by atoms with E-state index >= 15 is 0 Å². The highest BCUT2D eigenvalue weighted by atomic mass is 127. The number of sulfonamides is 1. The molecule has 0 saturated carbocycles. The van der Waals surface area contributed by atoms with Crippen LogP contribution < -0.4 is 5.32 Å². The fourth-order valence-corrected chi connectivity index (χ4v) is 4.58. The van der Waals surface area contributed by atoms with Crippen molar-refractivity contribution in [3.63, 3.8) is 0 Å². The molecule has 1 aliphatic heterocycles. The summed E-state index contributed by atoms with van der Waals surface area (Å²) in [7, 11) is -3.39. The Balaban J connectivity index is 2.16. The maximum atomic E-state index is 12.8. The number of hydrogen-bond donors (Lipinski definition) is 1. The minimum absolute atomic E-state index is 0.281. The van der Waals surface area contributed by atoms with E-state index in [1.165, 1.54) is 12.8 Å². The molecule has 4 nitrogen and oxygen atoms in total. The van der Waals surface area contributed by atoms with Gasteiger partial charge in [0.1, 0.15) is 0 Å². The molecular formula is C15H23IN2O2S. The minimum Gasteiger partial charge on any atom is -0.313 e. The standard InChI is InChI=1S/C15H23IN2O2S/c1-2-11-18(12-14-5-3-4-10-17-14)21(19,20)15-8-6-13(16)7-9-15/h6-9,14,17H,2-5,10-12H2,1H3. The van der Waals surface area contributed by atoms with E-state index < -0.39 is 10.0 Å². The zero-order chi connectivity index (χ0) is 15.3. The highest BCUT2D eigenvalue weighted by Crippen LogP contribution is 2.19. The highest BCUT2D eigenvalue weighted by molar-refractivity contribution is 14.1. The normalized spacial score (nSPS) is 19.9. The van der Waals surface area contributed by atoms with Crippen molar-refractivity contribution in [3.05, 3.63) is 27.8 Å². The zero-order valence-electron chi connectivity index (χ0n) is 12.4. The quantitative estimate of drug-likeness (QED) is 0.718. The Morgan fingerprint density at radius 2 is 2.00 bits per heavy atom. The predicted octanol–water partition coefficient (Wildman–Crippen LogP) is 2.83. The lowest BCUT2D eigenvalue weighted by molar-refractivity contribution is 0.312. The second kappa shape index (κ2) is 7.89. The Labute approximate surface area is 141 Å². The van der Waals surface area contributed by atoms with Gasteiger partial charge in [-0.1, -0.05) is 13.3 Å². The van der Waals surface area contributed by atoms with Crippen LogP contribution in [0.2, 0.25) is 0 Å². The SMILES string of the molecule is CCCN(CC1CCCCN1)S(=O)(=O)c1ccc(I)cc1. The topological polar surface area (TPSA) is 49.4 Å². The van der Waals surface area contributed by atoms with Crippen molar-refractivity contribution in [2.45, 2.75) is 43.5 Å². The molecule has 118 valence electrons. The van der Waals surface area contributed by atoms with Crippen LogP contribution in [0.1, 0.15) is 32.6 Å². The monoisotopic (exact) mass is 422 g/mol. The Hall–Kier alpha value is -0.180. The van der Waals surface area contributed by atoms with Crippen LogP contribution in [0, 0.1) is 3.57 Å². The van der Waals surface area contributed by atoms with Crippen LogP contribution in [-0.4, -0.2) is 38.4 Å². The lowest BCUT2D eigenvalue weighted by atomic mass is 10.1. The van der Waals surface area contributed by atoms with Gasteiger partial charge in [0.2, 0.25) is 10.0 Å². The maximum absolute atomic E-state index is 12.8. The molecule has 0 aromatic heterocycles. The second-order valence-electron chi connectivity index (χ2n) is 5.46. The van der Waals surface area contributed by atoms with Gasteiger partial charge in [-0.15, -0.1) is 0 Å². The van der Waals surface area contributed by atoms with Gasteiger partial charge in [-0.3, -0.25) is 0 Å². The molecule has 1 heterocycles. The number of benzene rings is 1. The smallest absolute Gasteiger partial charge is 0.243 e. The van der Waals surface area contributed by atoms with Crippen LogP contribution >= 0.6 is 22.6 Å². The molecule has 1 fully saturated rings. The second-order valence-corrected chi connectivity index (χ2v) is 8.65. The lowest BCUT2D eigenvalue weighted by Crippen LogP contribution is -2.46. The van der Waals surface area contributed by atoms with E-state index in [-0.39, 0.29) is 6.04 Å². The van der Waals surface area contributed by atoms with Crippen molar-refractivity contribution in [2.75, 3.05) is 19.6 Å². The van der Waals surface area contributed by atoms with E-state index in [4.69, 9.17) is 0 Å². The first kappa shape index (κ1) is 17.2. The summed E-state index contributed by atoms with van der Waals surface area (Å²) in [6.45, 7) is 4.16. The summed E-state index contributed by atoms with van der Waals surface area (Å²) in [4.78, 5) is 0.396. The molecular weight excluding hydrogens is 399 g/mol. The largest absolute Gasteiger partial charge is 0.313 e. The number of nitrogens with one attached hydrogen (secondary N) is 1. The molecule has 0 bridgehead atoms. The molecule has 1 saturated heterocycles. The third-order valence-electron chi connectivity index (χ3n) is 3.76. The summed E-state index contributed by atoms with van der Waals surface area (Å²) in [6, 6.07) is 7.37. The number of hydrogen-bond acceptors (Lipinski definition) is 3. The molecule has 0 spiro atoms. The van der Waals surface area contributed by atoms with E-state index in [0.29, 0.717) is 18.0 Å². The van der Waals surface area contributed by atoms with Crippen molar-refractivity contribution < 1.29 is 8.42 Å². The zero-order valence-corrected chi connectivity index (χ0v) is 15.4. The summed E-state index contributed by atoms with van der Waals surface area (Å²) in [5.41, 5.74) is 0. The van der Waals surface area contributed by atoms with E-state index in [9.17, 15) is 8.42 Å². The maximum Gasteiger partial charge on any atom is 0.243 e. The van der Waals surface area contributed by atoms with Crippen LogP contribution in [0.4, 0.5) is 0 Å². The van der Waals surface area contributed by atoms with Crippen molar-refractivity contribution in [3.8, 4) is 0 Å². The Bertz CT molecular complexity index is 539. The average Bonchev–Trinajstić information content (AvgIpc) is 2.48. The van der Waals surface area contributed by atoms with Crippen LogP contribution in [-0.2, 0) is 10.0 Å². The van der Waals surface area contributed by atoms with Gasteiger partial charge in [0.05, 0.1) is 4.90 Å². The molecule has 6 heteroatoms. The van der Waals surface area contributed by atoms with E-state index in [2.05, 4.69) is 27.9 Å². The molecule has 1 atom stereocenters. The number of rotatable bonds is 6. The van der Waals surface area contributed by atoms with Crippen molar-refractivity contribution in [1.82, 2.24) is 9.62 Å². The van der Waals surface area contributed by atoms with Gasteiger partial charge >= 0.3 is 0 Å². The fourth-order valence-electron chi connectivity index (χ4n) is 2.64. The third kappa shape index (κ3) is 4.64. The molecule has 1 N–H and O–H groups in total. The van der Waals surface area contributed by atoms with Crippen molar-refractivity contribution in [2.24, 2.45) is 0 Å². The summed E-state index contributed by atoms with van der Waals surface area (Å²) in [6.07, 6.45) is 4.26. The Morgan fingerprint density at radius 3 is 2.57 bits per heavy atom. The first-order chi connectivity index (χ1) is 10.0. The molecule has 1 unspecified atom stereocenters. The predicted molar refractivity (Wildman–Crippen MR) is 93.9 cm³/mol. The Kier molecular flexibility index (Phi) is 6.46. The molecule has 2 rings (SSSR count). The summed E-state index contributed by atoms with van der Waals surface area (Å²) >= 11 is 2.18. The molecule has 21 heavy (non-hydrogen) atoms. The summed E-state index contributed by atoms with van der Waals surface area (Å²) < 4.78 is 28.3. The van der Waals surface area contributed by atoms with Crippen LogP contribution in [0.5, 0.6) is 0 Å². The van der Waals surface area contributed by atoms with Crippen molar-refractivity contribution in [1.29, 1.82) is 0 Å². The molecule has 0 radical (unpaired) electrons. The Morgan fingerprint density at radius 1 is 1.29 bits per heavy atom.